The van der Waals surface area contributed by atoms with Gasteiger partial charge in [-0.25, -0.2) is 4.98 Å². The molecule has 1 aromatic carbocycles. The molecule has 2 heterocycles. The minimum absolute atomic E-state index is 0.132. The van der Waals surface area contributed by atoms with Gasteiger partial charge >= 0.3 is 0 Å². The molecule has 1 amide bonds. The zero-order valence-corrected chi connectivity index (χ0v) is 14.9. The van der Waals surface area contributed by atoms with Gasteiger partial charge in [-0.05, 0) is 25.1 Å². The largest absolute Gasteiger partial charge is 0.495 e. The Hall–Kier alpha value is -2.74. The molecule has 25 heavy (non-hydrogen) atoms. The molecule has 0 aliphatic carbocycles. The zero-order chi connectivity index (χ0) is 18.0. The summed E-state index contributed by atoms with van der Waals surface area (Å²) in [4.78, 5) is 32.0. The van der Waals surface area contributed by atoms with Gasteiger partial charge < -0.3 is 15.0 Å². The normalized spacial score (nSPS) is 10.8. The van der Waals surface area contributed by atoms with E-state index in [4.69, 9.17) is 4.74 Å². The number of hydrogen-bond acceptors (Lipinski definition) is 5. The number of aryl methyl sites for hydroxylation is 1. The van der Waals surface area contributed by atoms with Crippen molar-refractivity contribution in [3.8, 4) is 5.75 Å². The zero-order valence-electron chi connectivity index (χ0n) is 14.1. The average Bonchev–Trinajstić information content (AvgIpc) is 2.98. The maximum atomic E-state index is 12.3. The number of para-hydroxylation sites is 2. The summed E-state index contributed by atoms with van der Waals surface area (Å²) in [5.41, 5.74) is 2.40. The molecule has 3 rings (SSSR count). The number of nitrogens with one attached hydrogen (secondary N) is 2. The van der Waals surface area contributed by atoms with E-state index >= 15 is 0 Å². The van der Waals surface area contributed by atoms with Gasteiger partial charge in [-0.1, -0.05) is 23.9 Å². The first-order valence-electron chi connectivity index (χ1n) is 7.61. The predicted octanol–water partition coefficient (Wildman–Crippen LogP) is 2.31. The number of benzene rings is 1. The van der Waals surface area contributed by atoms with E-state index in [0.29, 0.717) is 27.6 Å². The molecule has 0 aliphatic heterocycles. The average molecular weight is 358 g/mol. The van der Waals surface area contributed by atoms with E-state index < -0.39 is 0 Å². The summed E-state index contributed by atoms with van der Waals surface area (Å²) in [6.07, 6.45) is 0. The first-order chi connectivity index (χ1) is 12.0. The van der Waals surface area contributed by atoms with Gasteiger partial charge in [0.25, 0.3) is 5.56 Å². The molecule has 0 saturated heterocycles. The van der Waals surface area contributed by atoms with Crippen LogP contribution in [0.1, 0.15) is 5.69 Å². The molecule has 0 fully saturated rings. The topological polar surface area (TPSA) is 89.0 Å². The number of ether oxygens (including phenoxy) is 1. The minimum Gasteiger partial charge on any atom is -0.495 e. The second-order valence-electron chi connectivity index (χ2n) is 5.51. The molecule has 2 N–H and O–H groups in total. The van der Waals surface area contributed by atoms with Crippen LogP contribution < -0.4 is 15.6 Å². The van der Waals surface area contributed by atoms with Gasteiger partial charge in [-0.2, -0.15) is 0 Å². The third-order valence-electron chi connectivity index (χ3n) is 3.67. The quantitative estimate of drug-likeness (QED) is 0.540. The van der Waals surface area contributed by atoms with Crippen LogP contribution in [-0.2, 0) is 11.8 Å². The standard InChI is InChI=1S/C17H18N4O3S/c1-10-8-12-15(18-10)16(23)21(2)17(20-12)25-9-14(22)19-11-6-4-5-7-13(11)24-3/h4-8,18H,9H2,1-3H3,(H,19,22). The van der Waals surface area contributed by atoms with Crippen LogP contribution >= 0.6 is 11.8 Å². The molecular formula is C17H18N4O3S. The van der Waals surface area contributed by atoms with E-state index in [1.165, 1.54) is 16.3 Å². The van der Waals surface area contributed by atoms with Crippen LogP contribution in [0.3, 0.4) is 0 Å². The summed E-state index contributed by atoms with van der Waals surface area (Å²) in [7, 11) is 3.19. The Morgan fingerprint density at radius 1 is 1.40 bits per heavy atom. The van der Waals surface area contributed by atoms with Crippen molar-refractivity contribution in [3.63, 3.8) is 0 Å². The second kappa shape index (κ2) is 7.02. The van der Waals surface area contributed by atoms with Crippen molar-refractivity contribution in [1.29, 1.82) is 0 Å². The number of anilines is 1. The third kappa shape index (κ3) is 3.53. The molecule has 130 valence electrons. The molecule has 0 aliphatic rings. The number of fused-ring (bicyclic) bond motifs is 1. The van der Waals surface area contributed by atoms with E-state index in [9.17, 15) is 9.59 Å². The molecule has 2 aromatic heterocycles. The molecule has 0 unspecified atom stereocenters. The number of carbonyl (C=O) groups is 1. The van der Waals surface area contributed by atoms with Crippen molar-refractivity contribution in [2.45, 2.75) is 12.1 Å². The van der Waals surface area contributed by atoms with Crippen molar-refractivity contribution in [3.05, 3.63) is 46.4 Å². The smallest absolute Gasteiger partial charge is 0.278 e. The van der Waals surface area contributed by atoms with Gasteiger partial charge in [0.05, 0.1) is 24.1 Å². The van der Waals surface area contributed by atoms with Crippen molar-refractivity contribution < 1.29 is 9.53 Å². The maximum absolute atomic E-state index is 12.3. The molecule has 0 spiro atoms. The molecular weight excluding hydrogens is 340 g/mol. The van der Waals surface area contributed by atoms with E-state index in [1.54, 1.807) is 26.3 Å². The van der Waals surface area contributed by atoms with Gasteiger partial charge in [-0.3, -0.25) is 14.2 Å². The highest BCUT2D eigenvalue weighted by molar-refractivity contribution is 7.99. The van der Waals surface area contributed by atoms with Crippen molar-refractivity contribution in [2.24, 2.45) is 7.05 Å². The van der Waals surface area contributed by atoms with Crippen molar-refractivity contribution in [2.75, 3.05) is 18.2 Å². The Labute approximate surface area is 148 Å². The first kappa shape index (κ1) is 17.1. The van der Waals surface area contributed by atoms with E-state index in [2.05, 4.69) is 15.3 Å². The number of nitrogens with zero attached hydrogens (tertiary/aromatic N) is 2. The van der Waals surface area contributed by atoms with Gasteiger partial charge in [-0.15, -0.1) is 0 Å². The second-order valence-corrected chi connectivity index (χ2v) is 6.45. The summed E-state index contributed by atoms with van der Waals surface area (Å²) >= 11 is 1.21. The Bertz CT molecular complexity index is 993. The Balaban J connectivity index is 1.75. The molecule has 3 aromatic rings. The predicted molar refractivity (Wildman–Crippen MR) is 98.4 cm³/mol. The lowest BCUT2D eigenvalue weighted by atomic mass is 10.3. The third-order valence-corrected chi connectivity index (χ3v) is 4.70. The fraction of sp³-hybridized carbons (Fsp3) is 0.235. The number of methoxy groups -OCH3 is 1. The number of carbonyl (C=O) groups excluding carboxylic acids is 1. The van der Waals surface area contributed by atoms with Gasteiger partial charge in [0.15, 0.2) is 5.16 Å². The summed E-state index contributed by atoms with van der Waals surface area (Å²) < 4.78 is 6.66. The fourth-order valence-electron chi connectivity index (χ4n) is 2.45. The molecule has 0 radical (unpaired) electrons. The molecule has 0 bridgehead atoms. The summed E-state index contributed by atoms with van der Waals surface area (Å²) in [5, 5.41) is 3.29. The van der Waals surface area contributed by atoms with Gasteiger partial charge in [0.1, 0.15) is 11.3 Å². The number of rotatable bonds is 5. The number of aromatic amines is 1. The first-order valence-corrected chi connectivity index (χ1v) is 8.60. The van der Waals surface area contributed by atoms with Crippen LogP contribution in [0, 0.1) is 6.92 Å². The van der Waals surface area contributed by atoms with Crippen LogP contribution in [0.2, 0.25) is 0 Å². The number of H-pyrrole nitrogens is 1. The lowest BCUT2D eigenvalue weighted by molar-refractivity contribution is -0.113. The van der Waals surface area contributed by atoms with Crippen LogP contribution in [-0.4, -0.2) is 33.3 Å². The summed E-state index contributed by atoms with van der Waals surface area (Å²) in [6, 6.07) is 9.01. The Morgan fingerprint density at radius 2 is 2.16 bits per heavy atom. The van der Waals surface area contributed by atoms with E-state index in [-0.39, 0.29) is 17.2 Å². The highest BCUT2D eigenvalue weighted by Crippen LogP contribution is 2.24. The van der Waals surface area contributed by atoms with E-state index in [1.807, 2.05) is 25.1 Å². The molecule has 8 heteroatoms. The lowest BCUT2D eigenvalue weighted by Gasteiger charge is -2.10. The summed E-state index contributed by atoms with van der Waals surface area (Å²) in [6.45, 7) is 1.87. The van der Waals surface area contributed by atoms with Crippen molar-refractivity contribution >= 4 is 34.4 Å². The highest BCUT2D eigenvalue weighted by Gasteiger charge is 2.13. The molecule has 7 nitrogen and oxygen atoms in total. The molecule has 0 atom stereocenters. The van der Waals surface area contributed by atoms with Gasteiger partial charge in [0, 0.05) is 12.7 Å². The lowest BCUT2D eigenvalue weighted by Crippen LogP contribution is -2.21. The van der Waals surface area contributed by atoms with Gasteiger partial charge in [0.2, 0.25) is 5.91 Å². The van der Waals surface area contributed by atoms with E-state index in [0.717, 1.165) is 5.69 Å². The number of thioether (sulfide) groups is 1. The number of amides is 1. The van der Waals surface area contributed by atoms with Crippen LogP contribution in [0.4, 0.5) is 5.69 Å². The fourth-order valence-corrected chi connectivity index (χ4v) is 3.22. The van der Waals surface area contributed by atoms with Crippen LogP contribution in [0.15, 0.2) is 40.3 Å². The van der Waals surface area contributed by atoms with Crippen molar-refractivity contribution in [1.82, 2.24) is 14.5 Å². The highest BCUT2D eigenvalue weighted by atomic mass is 32.2. The Kier molecular flexibility index (Phi) is 4.80. The number of aromatic nitrogens is 3. The maximum Gasteiger partial charge on any atom is 0.278 e. The minimum atomic E-state index is -0.200. The monoisotopic (exact) mass is 358 g/mol. The van der Waals surface area contributed by atoms with Crippen LogP contribution in [0.5, 0.6) is 5.75 Å². The molecule has 0 saturated carbocycles. The summed E-state index contributed by atoms with van der Waals surface area (Å²) in [5.74, 6) is 0.525. The Morgan fingerprint density at radius 3 is 2.92 bits per heavy atom. The van der Waals surface area contributed by atoms with Crippen LogP contribution in [0.25, 0.3) is 11.0 Å². The SMILES string of the molecule is COc1ccccc1NC(=O)CSc1nc2cc(C)[nH]c2c(=O)n1C. The number of hydrogen-bond donors (Lipinski definition) is 2.